The molecule has 1 unspecified atom stereocenters. The van der Waals surface area contributed by atoms with Gasteiger partial charge < -0.3 is 4.74 Å². The lowest BCUT2D eigenvalue weighted by atomic mass is 10.1. The van der Waals surface area contributed by atoms with Crippen LogP contribution in [0.2, 0.25) is 0 Å². The van der Waals surface area contributed by atoms with Crippen LogP contribution in [0, 0.1) is 11.8 Å². The van der Waals surface area contributed by atoms with Crippen molar-refractivity contribution in [2.45, 2.75) is 19.5 Å². The van der Waals surface area contributed by atoms with Gasteiger partial charge in [0.1, 0.15) is 5.76 Å². The van der Waals surface area contributed by atoms with Gasteiger partial charge in [0.05, 0.1) is 18.3 Å². The van der Waals surface area contributed by atoms with Gasteiger partial charge in [-0.15, -0.1) is 0 Å². The molecule has 2 rings (SSSR count). The van der Waals surface area contributed by atoms with Crippen molar-refractivity contribution in [1.29, 1.82) is 0 Å². The second-order valence-electron chi connectivity index (χ2n) is 4.18. The predicted molar refractivity (Wildman–Crippen MR) is 54.7 cm³/mol. The van der Waals surface area contributed by atoms with Gasteiger partial charge in [0, 0.05) is 5.57 Å². The van der Waals surface area contributed by atoms with Crippen LogP contribution >= 0.6 is 0 Å². The minimum absolute atomic E-state index is 0.0120. The van der Waals surface area contributed by atoms with E-state index in [1.807, 2.05) is 12.2 Å². The number of carbonyl (C=O) groups is 1. The van der Waals surface area contributed by atoms with Crippen LogP contribution in [-0.4, -0.2) is 12.1 Å². The highest BCUT2D eigenvalue weighted by molar-refractivity contribution is 5.75. The first-order chi connectivity index (χ1) is 7.88. The second kappa shape index (κ2) is 4.05. The van der Waals surface area contributed by atoms with Crippen LogP contribution in [0.4, 0.5) is 13.2 Å². The van der Waals surface area contributed by atoms with Gasteiger partial charge in [-0.3, -0.25) is 4.79 Å². The Morgan fingerprint density at radius 2 is 2.18 bits per heavy atom. The molecule has 2 nitrogen and oxygen atoms in total. The lowest BCUT2D eigenvalue weighted by Crippen LogP contribution is -2.21. The van der Waals surface area contributed by atoms with Crippen molar-refractivity contribution < 1.29 is 22.7 Å². The van der Waals surface area contributed by atoms with Crippen molar-refractivity contribution in [2.75, 3.05) is 0 Å². The molecule has 0 saturated carbocycles. The Bertz CT molecular complexity index is 430. The third kappa shape index (κ3) is 2.78. The van der Waals surface area contributed by atoms with E-state index in [0.717, 1.165) is 5.57 Å². The van der Waals surface area contributed by atoms with E-state index in [1.165, 1.54) is 6.92 Å². The molecule has 0 heterocycles. The van der Waals surface area contributed by atoms with E-state index in [4.69, 9.17) is 4.74 Å². The number of esters is 1. The van der Waals surface area contributed by atoms with E-state index in [1.54, 1.807) is 12.2 Å². The Labute approximate surface area is 96.4 Å². The van der Waals surface area contributed by atoms with Crippen LogP contribution in [0.25, 0.3) is 0 Å². The summed E-state index contributed by atoms with van der Waals surface area (Å²) in [5.41, 5.74) is 0.875. The van der Waals surface area contributed by atoms with Gasteiger partial charge in [-0.1, -0.05) is 31.2 Å². The van der Waals surface area contributed by atoms with E-state index >= 15 is 0 Å². The predicted octanol–water partition coefficient (Wildman–Crippen LogP) is 3.13. The van der Waals surface area contributed by atoms with E-state index in [0.29, 0.717) is 5.76 Å². The number of halogens is 3. The number of fused-ring (bicyclic) bond motifs is 1. The second-order valence-corrected chi connectivity index (χ2v) is 4.18. The monoisotopic (exact) mass is 244 g/mol. The molecule has 2 aliphatic rings. The van der Waals surface area contributed by atoms with E-state index in [-0.39, 0.29) is 5.92 Å². The lowest BCUT2D eigenvalue weighted by molar-refractivity contribution is -0.163. The van der Waals surface area contributed by atoms with Crippen LogP contribution < -0.4 is 0 Å². The molecule has 0 radical (unpaired) electrons. The maximum Gasteiger partial charge on any atom is 0.389 e. The molecule has 92 valence electrons. The molecule has 2 atom stereocenters. The smallest absolute Gasteiger partial charge is 0.389 e. The zero-order valence-corrected chi connectivity index (χ0v) is 9.12. The van der Waals surface area contributed by atoms with Crippen molar-refractivity contribution in [3.8, 4) is 0 Å². The largest absolute Gasteiger partial charge is 0.430 e. The fraction of sp³-hybridized carbons (Fsp3) is 0.417. The van der Waals surface area contributed by atoms with E-state index < -0.39 is 24.5 Å². The summed E-state index contributed by atoms with van der Waals surface area (Å²) < 4.78 is 41.2. The van der Waals surface area contributed by atoms with Crippen molar-refractivity contribution in [1.82, 2.24) is 0 Å². The van der Waals surface area contributed by atoms with Crippen LogP contribution in [0.15, 0.2) is 35.6 Å². The molecule has 0 amide bonds. The van der Waals surface area contributed by atoms with Crippen LogP contribution in [-0.2, 0) is 9.53 Å². The van der Waals surface area contributed by atoms with Gasteiger partial charge in [0.2, 0.25) is 0 Å². The number of alkyl halides is 3. The number of ether oxygens (including phenoxy) is 1. The summed E-state index contributed by atoms with van der Waals surface area (Å²) in [6.45, 7) is 1.22. The quantitative estimate of drug-likeness (QED) is 0.713. The minimum atomic E-state index is -4.34. The summed E-state index contributed by atoms with van der Waals surface area (Å²) in [5, 5.41) is 0. The van der Waals surface area contributed by atoms with Crippen LogP contribution in [0.1, 0.15) is 13.3 Å². The highest BCUT2D eigenvalue weighted by Gasteiger charge is 2.40. The molecule has 0 N–H and O–H groups in total. The van der Waals surface area contributed by atoms with Crippen LogP contribution in [0.5, 0.6) is 0 Å². The Hall–Kier alpha value is -1.52. The van der Waals surface area contributed by atoms with Gasteiger partial charge >= 0.3 is 12.1 Å². The van der Waals surface area contributed by atoms with Gasteiger partial charge in [-0.25, -0.2) is 0 Å². The third-order valence-electron chi connectivity index (χ3n) is 2.66. The standard InChI is InChI=1S/C12H11F3O2/c1-7(6-12(13,14)15)11(16)17-10-8-4-2-3-5-9(8)10/h2-5,7-8H,6H2,1H3/t7?,8-/m0/s1. The topological polar surface area (TPSA) is 26.3 Å². The Kier molecular flexibility index (Phi) is 2.85. The van der Waals surface area contributed by atoms with E-state index in [9.17, 15) is 18.0 Å². The molecular weight excluding hydrogens is 233 g/mol. The first-order valence-electron chi connectivity index (χ1n) is 5.26. The van der Waals surface area contributed by atoms with Gasteiger partial charge in [-0.2, -0.15) is 13.2 Å². The lowest BCUT2D eigenvalue weighted by Gasteiger charge is -2.12. The first-order valence-corrected chi connectivity index (χ1v) is 5.26. The average molecular weight is 244 g/mol. The summed E-state index contributed by atoms with van der Waals surface area (Å²) >= 11 is 0. The van der Waals surface area contributed by atoms with Gasteiger partial charge in [-0.05, 0) is 0 Å². The molecule has 2 aliphatic carbocycles. The maximum atomic E-state index is 12.1. The van der Waals surface area contributed by atoms with Gasteiger partial charge in [0.15, 0.2) is 0 Å². The first kappa shape index (κ1) is 12.0. The maximum absolute atomic E-state index is 12.1. The highest BCUT2D eigenvalue weighted by Crippen LogP contribution is 2.44. The van der Waals surface area contributed by atoms with E-state index in [2.05, 4.69) is 0 Å². The zero-order chi connectivity index (χ0) is 12.6. The molecule has 0 saturated heterocycles. The molecule has 0 bridgehead atoms. The van der Waals surface area contributed by atoms with Crippen molar-refractivity contribution in [3.63, 3.8) is 0 Å². The Morgan fingerprint density at radius 1 is 1.47 bits per heavy atom. The summed E-state index contributed by atoms with van der Waals surface area (Å²) in [5.74, 6) is -1.52. The van der Waals surface area contributed by atoms with Gasteiger partial charge in [0.25, 0.3) is 0 Å². The molecule has 0 aliphatic heterocycles. The molecule has 0 fully saturated rings. The molecule has 5 heteroatoms. The van der Waals surface area contributed by atoms with Crippen LogP contribution in [0.3, 0.4) is 0 Å². The number of hydrogen-bond donors (Lipinski definition) is 0. The molecule has 0 aromatic rings. The van der Waals surface area contributed by atoms with Crippen molar-refractivity contribution in [2.24, 2.45) is 11.8 Å². The average Bonchev–Trinajstić information content (AvgIpc) is 2.90. The third-order valence-corrected chi connectivity index (χ3v) is 2.66. The Morgan fingerprint density at radius 3 is 2.71 bits per heavy atom. The number of carbonyl (C=O) groups excluding carboxylic acids is 1. The normalized spacial score (nSPS) is 23.4. The summed E-state index contributed by atoms with van der Waals surface area (Å²) in [4.78, 5) is 11.4. The molecule has 0 aromatic carbocycles. The zero-order valence-electron chi connectivity index (χ0n) is 9.12. The molecule has 0 aromatic heterocycles. The van der Waals surface area contributed by atoms with Crippen molar-refractivity contribution >= 4 is 5.97 Å². The molecular formula is C12H11F3O2. The fourth-order valence-corrected chi connectivity index (χ4v) is 1.71. The fourth-order valence-electron chi connectivity index (χ4n) is 1.71. The molecule has 17 heavy (non-hydrogen) atoms. The summed E-state index contributed by atoms with van der Waals surface area (Å²) in [6, 6.07) is 0. The number of allylic oxidation sites excluding steroid dienone is 5. The summed E-state index contributed by atoms with van der Waals surface area (Å²) in [6.07, 6.45) is 1.76. The summed E-state index contributed by atoms with van der Waals surface area (Å²) in [7, 11) is 0. The minimum Gasteiger partial charge on any atom is -0.430 e. The van der Waals surface area contributed by atoms with Crippen molar-refractivity contribution in [3.05, 3.63) is 35.6 Å². The molecule has 0 spiro atoms. The number of hydrogen-bond acceptors (Lipinski definition) is 2. The SMILES string of the molecule is CC(CC(F)(F)F)C(=O)OC1=C2C=CC=C[C@@H]21. The Balaban J connectivity index is 1.89. The number of rotatable bonds is 3. The highest BCUT2D eigenvalue weighted by atomic mass is 19.4.